The smallest absolute Gasteiger partial charge is 0.111 e. The number of hydrogen-bond acceptors (Lipinski definition) is 4. The third-order valence-electron chi connectivity index (χ3n) is 2.33. The van der Waals surface area contributed by atoms with Gasteiger partial charge in [-0.3, -0.25) is 0 Å². The zero-order valence-corrected chi connectivity index (χ0v) is 9.24. The molecule has 88 valence electrons. The fourth-order valence-corrected chi connectivity index (χ4v) is 1.53. The maximum absolute atomic E-state index is 5.66. The van der Waals surface area contributed by atoms with E-state index in [1.54, 1.807) is 0 Å². The summed E-state index contributed by atoms with van der Waals surface area (Å²) in [4.78, 5) is 0. The van der Waals surface area contributed by atoms with Crippen molar-refractivity contribution in [2.75, 3.05) is 39.5 Å². The lowest BCUT2D eigenvalue weighted by molar-refractivity contribution is -0.0136. The zero-order chi connectivity index (χ0) is 10.8. The SMILES string of the molecule is C=COCCOCCOC1CCNCC1. The lowest BCUT2D eigenvalue weighted by Crippen LogP contribution is -2.33. The quantitative estimate of drug-likeness (QED) is 0.483. The van der Waals surface area contributed by atoms with Gasteiger partial charge in [0.15, 0.2) is 0 Å². The second-order valence-electron chi connectivity index (χ2n) is 3.47. The summed E-state index contributed by atoms with van der Waals surface area (Å²) >= 11 is 0. The van der Waals surface area contributed by atoms with E-state index in [1.807, 2.05) is 0 Å². The third kappa shape index (κ3) is 6.49. The summed E-state index contributed by atoms with van der Waals surface area (Å²) in [6.07, 6.45) is 4.06. The molecule has 4 heteroatoms. The second-order valence-corrected chi connectivity index (χ2v) is 3.47. The van der Waals surface area contributed by atoms with E-state index in [-0.39, 0.29) is 0 Å². The van der Waals surface area contributed by atoms with E-state index in [2.05, 4.69) is 11.9 Å². The Hall–Kier alpha value is -0.580. The maximum Gasteiger partial charge on any atom is 0.111 e. The van der Waals surface area contributed by atoms with Crippen LogP contribution in [0, 0.1) is 0 Å². The van der Waals surface area contributed by atoms with Crippen LogP contribution in [0.25, 0.3) is 0 Å². The Labute approximate surface area is 91.6 Å². The van der Waals surface area contributed by atoms with Crippen molar-refractivity contribution in [1.29, 1.82) is 0 Å². The van der Waals surface area contributed by atoms with Gasteiger partial charge in [-0.1, -0.05) is 6.58 Å². The number of piperidine rings is 1. The first-order valence-electron chi connectivity index (χ1n) is 5.56. The molecule has 1 aliphatic heterocycles. The first-order chi connectivity index (χ1) is 7.43. The van der Waals surface area contributed by atoms with E-state index < -0.39 is 0 Å². The minimum absolute atomic E-state index is 0.416. The molecule has 4 nitrogen and oxygen atoms in total. The third-order valence-corrected chi connectivity index (χ3v) is 2.33. The standard InChI is InChI=1S/C11H21NO3/c1-2-13-7-8-14-9-10-15-11-3-5-12-6-4-11/h2,11-12H,1,3-10H2. The van der Waals surface area contributed by atoms with Crippen molar-refractivity contribution in [3.8, 4) is 0 Å². The van der Waals surface area contributed by atoms with Crippen LogP contribution in [0.2, 0.25) is 0 Å². The average Bonchev–Trinajstić information content (AvgIpc) is 2.29. The normalized spacial score (nSPS) is 17.6. The second kappa shape index (κ2) is 8.71. The van der Waals surface area contributed by atoms with E-state index in [1.165, 1.54) is 6.26 Å². The van der Waals surface area contributed by atoms with Crippen LogP contribution < -0.4 is 5.32 Å². The van der Waals surface area contributed by atoms with Crippen LogP contribution in [0.1, 0.15) is 12.8 Å². The average molecular weight is 215 g/mol. The highest BCUT2D eigenvalue weighted by atomic mass is 16.5. The summed E-state index contributed by atoms with van der Waals surface area (Å²) in [6.45, 7) is 8.07. The molecule has 1 saturated heterocycles. The van der Waals surface area contributed by atoms with Crippen LogP contribution in [-0.2, 0) is 14.2 Å². The molecule has 0 aromatic rings. The summed E-state index contributed by atoms with van der Waals surface area (Å²) < 4.78 is 15.9. The minimum atomic E-state index is 0.416. The predicted molar refractivity (Wildman–Crippen MR) is 58.8 cm³/mol. The molecule has 1 heterocycles. The van der Waals surface area contributed by atoms with Crippen molar-refractivity contribution in [1.82, 2.24) is 5.32 Å². The highest BCUT2D eigenvalue weighted by Gasteiger charge is 2.12. The van der Waals surface area contributed by atoms with Crippen molar-refractivity contribution in [2.45, 2.75) is 18.9 Å². The van der Waals surface area contributed by atoms with E-state index in [0.717, 1.165) is 25.9 Å². The van der Waals surface area contributed by atoms with Gasteiger partial charge in [-0.25, -0.2) is 0 Å². The first-order valence-corrected chi connectivity index (χ1v) is 5.56. The van der Waals surface area contributed by atoms with Gasteiger partial charge < -0.3 is 19.5 Å². The number of nitrogens with one attached hydrogen (secondary N) is 1. The summed E-state index contributed by atoms with van der Waals surface area (Å²) in [5, 5.41) is 3.30. The van der Waals surface area contributed by atoms with Crippen LogP contribution in [0.15, 0.2) is 12.8 Å². The number of hydrogen-bond donors (Lipinski definition) is 1. The summed E-state index contributed by atoms with van der Waals surface area (Å²) in [5.41, 5.74) is 0. The number of rotatable bonds is 8. The Morgan fingerprint density at radius 1 is 1.13 bits per heavy atom. The van der Waals surface area contributed by atoms with Crippen LogP contribution in [0.4, 0.5) is 0 Å². The summed E-state index contributed by atoms with van der Waals surface area (Å²) in [6, 6.07) is 0. The fraction of sp³-hybridized carbons (Fsp3) is 0.818. The molecule has 0 aromatic carbocycles. The molecule has 0 aliphatic carbocycles. The van der Waals surface area contributed by atoms with Gasteiger partial charge in [0.1, 0.15) is 6.61 Å². The van der Waals surface area contributed by atoms with Gasteiger partial charge in [-0.05, 0) is 25.9 Å². The van der Waals surface area contributed by atoms with Crippen molar-refractivity contribution < 1.29 is 14.2 Å². The lowest BCUT2D eigenvalue weighted by Gasteiger charge is -2.22. The Balaban J connectivity index is 1.81. The van der Waals surface area contributed by atoms with E-state index in [0.29, 0.717) is 32.5 Å². The minimum Gasteiger partial charge on any atom is -0.499 e. The molecule has 0 saturated carbocycles. The Morgan fingerprint density at radius 3 is 2.60 bits per heavy atom. The van der Waals surface area contributed by atoms with Crippen molar-refractivity contribution in [3.05, 3.63) is 12.8 Å². The Morgan fingerprint density at radius 2 is 1.87 bits per heavy atom. The molecule has 0 amide bonds. The lowest BCUT2D eigenvalue weighted by atomic mass is 10.1. The molecule has 0 unspecified atom stereocenters. The maximum atomic E-state index is 5.66. The Kier molecular flexibility index (Phi) is 7.25. The molecule has 1 rings (SSSR count). The van der Waals surface area contributed by atoms with E-state index in [9.17, 15) is 0 Å². The van der Waals surface area contributed by atoms with Crippen LogP contribution in [0.5, 0.6) is 0 Å². The molecule has 1 N–H and O–H groups in total. The molecule has 1 aliphatic rings. The molecular formula is C11H21NO3. The van der Waals surface area contributed by atoms with Gasteiger partial charge in [0, 0.05) is 0 Å². The largest absolute Gasteiger partial charge is 0.499 e. The van der Waals surface area contributed by atoms with Crippen LogP contribution in [-0.4, -0.2) is 45.6 Å². The number of ether oxygens (including phenoxy) is 3. The van der Waals surface area contributed by atoms with Gasteiger partial charge in [0.25, 0.3) is 0 Å². The van der Waals surface area contributed by atoms with E-state index >= 15 is 0 Å². The molecule has 0 atom stereocenters. The fourth-order valence-electron chi connectivity index (χ4n) is 1.53. The van der Waals surface area contributed by atoms with Crippen molar-refractivity contribution >= 4 is 0 Å². The first kappa shape index (κ1) is 12.5. The van der Waals surface area contributed by atoms with Gasteiger partial charge in [-0.15, -0.1) is 0 Å². The molecule has 0 aromatic heterocycles. The van der Waals surface area contributed by atoms with Crippen molar-refractivity contribution in [2.24, 2.45) is 0 Å². The topological polar surface area (TPSA) is 39.7 Å². The van der Waals surface area contributed by atoms with Gasteiger partial charge in [-0.2, -0.15) is 0 Å². The van der Waals surface area contributed by atoms with Gasteiger partial charge in [0.2, 0.25) is 0 Å². The van der Waals surface area contributed by atoms with Crippen LogP contribution >= 0.6 is 0 Å². The van der Waals surface area contributed by atoms with Gasteiger partial charge in [0.05, 0.1) is 32.2 Å². The highest BCUT2D eigenvalue weighted by Crippen LogP contribution is 2.06. The monoisotopic (exact) mass is 215 g/mol. The molecule has 1 fully saturated rings. The molecule has 15 heavy (non-hydrogen) atoms. The van der Waals surface area contributed by atoms with Gasteiger partial charge >= 0.3 is 0 Å². The molecule has 0 bridgehead atoms. The van der Waals surface area contributed by atoms with E-state index in [4.69, 9.17) is 14.2 Å². The van der Waals surface area contributed by atoms with Crippen LogP contribution in [0.3, 0.4) is 0 Å². The molecule has 0 spiro atoms. The molecular weight excluding hydrogens is 194 g/mol. The predicted octanol–water partition coefficient (Wildman–Crippen LogP) is 0.932. The summed E-state index contributed by atoms with van der Waals surface area (Å²) in [7, 11) is 0. The zero-order valence-electron chi connectivity index (χ0n) is 9.24. The Bertz CT molecular complexity index is 158. The summed E-state index contributed by atoms with van der Waals surface area (Å²) in [5.74, 6) is 0. The van der Waals surface area contributed by atoms with Crippen molar-refractivity contribution in [3.63, 3.8) is 0 Å². The highest BCUT2D eigenvalue weighted by molar-refractivity contribution is 4.67. The molecule has 0 radical (unpaired) electrons.